The number of hydrogen-bond acceptors (Lipinski definition) is 5. The van der Waals surface area contributed by atoms with Crippen LogP contribution in [0.3, 0.4) is 0 Å². The van der Waals surface area contributed by atoms with Gasteiger partial charge >= 0.3 is 6.85 Å². The summed E-state index contributed by atoms with van der Waals surface area (Å²) in [6, 6.07) is 30.9. The van der Waals surface area contributed by atoms with Crippen LogP contribution in [0.4, 0.5) is 17.1 Å². The summed E-state index contributed by atoms with van der Waals surface area (Å²) in [6.45, 7) is 7.52. The Balaban J connectivity index is 0.00000596. The Hall–Kier alpha value is -6.82. The fourth-order valence-corrected chi connectivity index (χ4v) is 8.27. The average molecular weight is 992 g/mol. The molecule has 11 rings (SSSR count). The molecule has 0 radical (unpaired) electrons. The maximum absolute atomic E-state index is 9.27. The van der Waals surface area contributed by atoms with E-state index in [0.29, 0.717) is 28.6 Å². The Morgan fingerprint density at radius 3 is 2.24 bits per heavy atom. The van der Waals surface area contributed by atoms with Gasteiger partial charge in [0.2, 0.25) is 0 Å². The molecule has 0 bridgehead atoms. The number of fused-ring (bicyclic) bond motifs is 5. The fourth-order valence-electron chi connectivity index (χ4n) is 8.27. The van der Waals surface area contributed by atoms with Crippen LogP contribution in [0.2, 0.25) is 0 Å². The van der Waals surface area contributed by atoms with Crippen molar-refractivity contribution < 1.29 is 39.5 Å². The van der Waals surface area contributed by atoms with Crippen molar-refractivity contribution in [1.82, 2.24) is 14.4 Å². The van der Waals surface area contributed by atoms with Crippen LogP contribution >= 0.6 is 0 Å². The van der Waals surface area contributed by atoms with E-state index >= 15 is 0 Å². The predicted molar refractivity (Wildman–Crippen MR) is 250 cm³/mol. The summed E-state index contributed by atoms with van der Waals surface area (Å²) in [5.74, 6) is 3.41. The number of aromatic nitrogens is 2. The van der Waals surface area contributed by atoms with E-state index < -0.39 is 67.3 Å². The summed E-state index contributed by atoms with van der Waals surface area (Å²) in [7, 11) is 0. The molecule has 8 aromatic rings. The molecule has 6 aromatic carbocycles. The number of rotatable bonds is 7. The van der Waals surface area contributed by atoms with Crippen molar-refractivity contribution in [3.8, 4) is 17.3 Å². The SMILES string of the molecule is [2H]c1c([2H])c([2H])c(C2=CN3C=CC=CB3C(c3c([2H])c([2H])c([2H])c([2H])c3[2H])=C2N2[CH-]N(c3[c-]c(Oc4[c-]c5c(cc4)c4ccccc4n5-c4cc(C(C)(C)C)ccn4)ccc3)c3ccccc32)c([2H])c1[2H].[Pt]. The first-order valence-corrected chi connectivity index (χ1v) is 19.9. The molecule has 0 fully saturated rings. The fraction of sp³-hybridized carbons (Fsp3) is 0.0741. The molecular weight excluding hydrogens is 941 g/mol. The summed E-state index contributed by atoms with van der Waals surface area (Å²) >= 11 is 0. The molecule has 0 atom stereocenters. The van der Waals surface area contributed by atoms with Crippen molar-refractivity contribution in [2.75, 3.05) is 9.80 Å². The first-order valence-electron chi connectivity index (χ1n) is 24.9. The van der Waals surface area contributed by atoms with Gasteiger partial charge in [-0.15, -0.1) is 48.1 Å². The minimum absolute atomic E-state index is 0. The van der Waals surface area contributed by atoms with E-state index in [1.165, 1.54) is 0 Å². The van der Waals surface area contributed by atoms with Gasteiger partial charge in [0.1, 0.15) is 5.82 Å². The second kappa shape index (κ2) is 15.9. The molecule has 62 heavy (non-hydrogen) atoms. The third-order valence-corrected chi connectivity index (χ3v) is 11.1. The van der Waals surface area contributed by atoms with Crippen LogP contribution in [0.25, 0.3) is 38.7 Å². The number of ether oxygens (including phenoxy) is 1. The third kappa shape index (κ3) is 6.87. The zero-order valence-electron chi connectivity index (χ0n) is 43.7. The van der Waals surface area contributed by atoms with E-state index in [1.807, 2.05) is 83.8 Å². The number of pyridine rings is 1. The van der Waals surface area contributed by atoms with Crippen LogP contribution in [0, 0.1) is 18.8 Å². The molecule has 6 nitrogen and oxygen atoms in total. The van der Waals surface area contributed by atoms with Gasteiger partial charge in [0.25, 0.3) is 0 Å². The summed E-state index contributed by atoms with van der Waals surface area (Å²) in [5, 5.41) is 2.03. The first-order chi connectivity index (χ1) is 34.0. The molecule has 304 valence electrons. The molecule has 5 heterocycles. The average Bonchev–Trinajstić information content (AvgIpc) is 3.92. The second-order valence-electron chi connectivity index (χ2n) is 15.9. The quantitative estimate of drug-likeness (QED) is 0.117. The number of benzene rings is 6. The standard InChI is InChI=1S/C54H41BN5O.Pt/c1-54(2,3)40-29-31-56-51(33-40)60-47-24-11-10-23-44(47)45-28-27-43(35-50(45)60)61-42-22-16-21-41(34-42)58-37-59(49-26-13-12-25-48(49)58)53-46(38-17-6-4-7-18-38)36-57-32-15-14-30-55(57)52(53)39-19-8-5-9-20-39;/h4-33,36-37H,1-3H3;/q-3;/i4D,5D,6D,7D,8D,9D,17D,18D,19D,20D;. The number of allylic oxidation sites excluding steroid dienone is 3. The van der Waals surface area contributed by atoms with Gasteiger partial charge in [0.05, 0.1) is 13.7 Å². The van der Waals surface area contributed by atoms with E-state index in [9.17, 15) is 5.48 Å². The molecule has 0 saturated carbocycles. The van der Waals surface area contributed by atoms with Gasteiger partial charge in [-0.1, -0.05) is 129 Å². The van der Waals surface area contributed by atoms with Crippen molar-refractivity contribution >= 4 is 56.8 Å². The molecular formula is C54H41BN5OPt-3. The number of hydrogen-bond donors (Lipinski definition) is 0. The maximum atomic E-state index is 9.27. The topological polar surface area (TPSA) is 36.8 Å². The van der Waals surface area contributed by atoms with Crippen molar-refractivity contribution in [3.63, 3.8) is 0 Å². The molecule has 0 N–H and O–H groups in total. The number of para-hydroxylation sites is 3. The van der Waals surface area contributed by atoms with Crippen LogP contribution in [-0.2, 0) is 26.5 Å². The van der Waals surface area contributed by atoms with Crippen molar-refractivity contribution in [2.24, 2.45) is 0 Å². The van der Waals surface area contributed by atoms with Crippen LogP contribution in [0.1, 0.15) is 51.2 Å². The molecule has 8 heteroatoms. The Labute approximate surface area is 391 Å². The van der Waals surface area contributed by atoms with Crippen molar-refractivity contribution in [2.45, 2.75) is 26.2 Å². The molecule has 3 aliphatic rings. The molecule has 0 aliphatic carbocycles. The van der Waals surface area contributed by atoms with Gasteiger partial charge in [-0.25, -0.2) is 4.98 Å². The molecule has 0 spiro atoms. The van der Waals surface area contributed by atoms with Crippen LogP contribution in [0.5, 0.6) is 11.5 Å². The van der Waals surface area contributed by atoms with Gasteiger partial charge in [-0.05, 0) is 75.6 Å². The van der Waals surface area contributed by atoms with E-state index in [-0.39, 0.29) is 54.3 Å². The first kappa shape index (κ1) is 29.4. The maximum Gasteiger partial charge on any atom is 0.322 e. The number of anilines is 3. The number of nitrogens with zero attached hydrogens (tertiary/aromatic N) is 5. The second-order valence-corrected chi connectivity index (χ2v) is 15.9. The van der Waals surface area contributed by atoms with Crippen LogP contribution in [0.15, 0.2) is 194 Å². The molecule has 3 aliphatic heterocycles. The molecule has 2 aromatic heterocycles. The summed E-state index contributed by atoms with van der Waals surface area (Å²) in [5.41, 5.74) is 5.03. The van der Waals surface area contributed by atoms with Gasteiger partial charge in [-0.3, -0.25) is 0 Å². The van der Waals surface area contributed by atoms with Gasteiger partial charge in [-0.2, -0.15) is 12.1 Å². The van der Waals surface area contributed by atoms with Crippen LogP contribution in [-0.4, -0.2) is 21.2 Å². The summed E-state index contributed by atoms with van der Waals surface area (Å²) < 4.78 is 97.5. The molecule has 0 saturated heterocycles. The predicted octanol–water partition coefficient (Wildman–Crippen LogP) is 12.9. The Morgan fingerprint density at radius 1 is 0.726 bits per heavy atom. The van der Waals surface area contributed by atoms with Gasteiger partial charge < -0.3 is 23.9 Å². The van der Waals surface area contributed by atoms with Gasteiger partial charge in [0, 0.05) is 73.1 Å². The molecule has 0 unspecified atom stereocenters. The van der Waals surface area contributed by atoms with E-state index in [0.717, 1.165) is 33.2 Å². The minimum Gasteiger partial charge on any atom is -0.509 e. The van der Waals surface area contributed by atoms with Gasteiger partial charge in [0.15, 0.2) is 0 Å². The van der Waals surface area contributed by atoms with Crippen LogP contribution < -0.4 is 14.5 Å². The zero-order chi connectivity index (χ0) is 49.8. The molecule has 0 amide bonds. The van der Waals surface area contributed by atoms with Crippen molar-refractivity contribution in [1.29, 1.82) is 0 Å². The zero-order valence-corrected chi connectivity index (χ0v) is 36.0. The summed E-state index contributed by atoms with van der Waals surface area (Å²) in [6.07, 6.45) is 8.80. The van der Waals surface area contributed by atoms with E-state index in [1.54, 1.807) is 47.0 Å². The Kier molecular flexibility index (Phi) is 7.55. The normalized spacial score (nSPS) is 16.9. The van der Waals surface area contributed by atoms with E-state index in [4.69, 9.17) is 17.9 Å². The Bertz CT molecular complexity index is 3660. The smallest absolute Gasteiger partial charge is 0.322 e. The largest absolute Gasteiger partial charge is 0.509 e. The monoisotopic (exact) mass is 991 g/mol. The third-order valence-electron chi connectivity index (χ3n) is 11.1. The summed E-state index contributed by atoms with van der Waals surface area (Å²) in [4.78, 5) is 10.2. The van der Waals surface area contributed by atoms with E-state index in [2.05, 4.69) is 55.7 Å². The minimum atomic E-state index is -0.754. The van der Waals surface area contributed by atoms with Crippen molar-refractivity contribution in [3.05, 3.63) is 229 Å². The Morgan fingerprint density at radius 2 is 1.45 bits per heavy atom.